The lowest BCUT2D eigenvalue weighted by atomic mass is 10.0. The molecule has 2 saturated heterocycles. The van der Waals surface area contributed by atoms with Crippen molar-refractivity contribution in [3.8, 4) is 11.1 Å². The van der Waals surface area contributed by atoms with Crippen LogP contribution in [-0.2, 0) is 4.79 Å². The molecule has 3 aromatic rings. The second-order valence-electron chi connectivity index (χ2n) is 8.32. The first-order chi connectivity index (χ1) is 16.5. The van der Waals surface area contributed by atoms with Crippen molar-refractivity contribution < 1.29 is 9.59 Å². The Labute approximate surface area is 207 Å². The number of anilines is 1. The number of benzene rings is 2. The summed E-state index contributed by atoms with van der Waals surface area (Å²) in [6.45, 7) is 7.37. The molecule has 3 heterocycles. The fourth-order valence-corrected chi connectivity index (χ4v) is 5.33. The van der Waals surface area contributed by atoms with E-state index in [2.05, 4.69) is 39.2 Å². The molecule has 0 radical (unpaired) electrons. The standard InChI is InChI=1S/C25H24ClN5O2S/c1-2-8-30-9-11-31(12-10-30)21-7-6-16(13-19(21)26)18-4-3-5-20-23(18)28-17(15-27-20)14-22-24(32)29-25(33)34-22/h3-7,13-15H,2,8-12H2,1H3,(H,29,32,33). The number of thioether (sulfide) groups is 1. The van der Waals surface area contributed by atoms with Crippen LogP contribution in [0.15, 0.2) is 47.5 Å². The van der Waals surface area contributed by atoms with Crippen LogP contribution < -0.4 is 10.2 Å². The summed E-state index contributed by atoms with van der Waals surface area (Å²) in [5, 5.41) is 2.58. The van der Waals surface area contributed by atoms with Crippen LogP contribution in [0.3, 0.4) is 0 Å². The van der Waals surface area contributed by atoms with Crippen molar-refractivity contribution in [1.82, 2.24) is 20.2 Å². The van der Waals surface area contributed by atoms with Gasteiger partial charge in [-0.1, -0.05) is 36.7 Å². The summed E-state index contributed by atoms with van der Waals surface area (Å²) >= 11 is 7.62. The van der Waals surface area contributed by atoms with Crippen LogP contribution in [0.2, 0.25) is 5.02 Å². The number of carbonyl (C=O) groups is 2. The van der Waals surface area contributed by atoms with Crippen LogP contribution >= 0.6 is 23.4 Å². The number of aromatic nitrogens is 2. The number of imide groups is 1. The van der Waals surface area contributed by atoms with Crippen LogP contribution in [0.1, 0.15) is 19.0 Å². The molecule has 5 rings (SSSR count). The first-order valence-corrected chi connectivity index (χ1v) is 12.5. The number of halogens is 1. The largest absolute Gasteiger partial charge is 0.368 e. The number of nitrogens with one attached hydrogen (secondary N) is 1. The molecule has 2 fully saturated rings. The molecule has 0 spiro atoms. The number of fused-ring (bicyclic) bond motifs is 1. The van der Waals surface area contributed by atoms with Crippen LogP contribution in [0.25, 0.3) is 28.2 Å². The highest BCUT2D eigenvalue weighted by Crippen LogP contribution is 2.34. The highest BCUT2D eigenvalue weighted by Gasteiger charge is 2.25. The predicted molar refractivity (Wildman–Crippen MR) is 138 cm³/mol. The second-order valence-corrected chi connectivity index (χ2v) is 9.74. The normalized spacial score (nSPS) is 18.2. The van der Waals surface area contributed by atoms with Gasteiger partial charge < -0.3 is 4.90 Å². The van der Waals surface area contributed by atoms with E-state index in [4.69, 9.17) is 16.6 Å². The number of hydrogen-bond donors (Lipinski definition) is 1. The van der Waals surface area contributed by atoms with Crippen molar-refractivity contribution in [1.29, 1.82) is 0 Å². The van der Waals surface area contributed by atoms with Crippen molar-refractivity contribution in [2.24, 2.45) is 0 Å². The van der Waals surface area contributed by atoms with E-state index in [0.717, 1.165) is 66.8 Å². The molecule has 2 aromatic carbocycles. The molecular weight excluding hydrogens is 470 g/mol. The zero-order valence-electron chi connectivity index (χ0n) is 18.8. The summed E-state index contributed by atoms with van der Waals surface area (Å²) in [5.41, 5.74) is 4.87. The van der Waals surface area contributed by atoms with E-state index < -0.39 is 5.91 Å². The molecule has 9 heteroatoms. The smallest absolute Gasteiger partial charge is 0.290 e. The van der Waals surface area contributed by atoms with Crippen molar-refractivity contribution in [2.75, 3.05) is 37.6 Å². The number of amides is 2. The third-order valence-electron chi connectivity index (χ3n) is 6.02. The number of nitrogens with zero attached hydrogens (tertiary/aromatic N) is 4. The predicted octanol–water partition coefficient (Wildman–Crippen LogP) is 4.81. The van der Waals surface area contributed by atoms with Crippen LogP contribution in [0, 0.1) is 0 Å². The Hall–Kier alpha value is -2.94. The molecule has 174 valence electrons. The topological polar surface area (TPSA) is 78.4 Å². The van der Waals surface area contributed by atoms with Gasteiger partial charge in [0.1, 0.15) is 0 Å². The van der Waals surface area contributed by atoms with Crippen molar-refractivity contribution in [2.45, 2.75) is 13.3 Å². The number of piperazine rings is 1. The minimum Gasteiger partial charge on any atom is -0.368 e. The quantitative estimate of drug-likeness (QED) is 0.511. The van der Waals surface area contributed by atoms with Gasteiger partial charge in [-0.15, -0.1) is 0 Å². The van der Waals surface area contributed by atoms with E-state index in [0.29, 0.717) is 21.1 Å². The first-order valence-electron chi connectivity index (χ1n) is 11.3. The van der Waals surface area contributed by atoms with Gasteiger partial charge in [0.05, 0.1) is 38.5 Å². The van der Waals surface area contributed by atoms with E-state index in [1.54, 1.807) is 12.3 Å². The van der Waals surface area contributed by atoms with Gasteiger partial charge in [0, 0.05) is 31.7 Å². The lowest BCUT2D eigenvalue weighted by Crippen LogP contribution is -2.46. The third-order valence-corrected chi connectivity index (χ3v) is 7.14. The maximum atomic E-state index is 11.9. The molecule has 1 aromatic heterocycles. The van der Waals surface area contributed by atoms with Crippen LogP contribution in [-0.4, -0.2) is 58.7 Å². The van der Waals surface area contributed by atoms with Gasteiger partial charge in [0.25, 0.3) is 11.1 Å². The van der Waals surface area contributed by atoms with Gasteiger partial charge in [-0.25, -0.2) is 4.98 Å². The molecule has 2 amide bonds. The molecule has 1 N–H and O–H groups in total. The SMILES string of the molecule is CCCN1CCN(c2ccc(-c3cccc4ncc(C=C5SC(=O)NC5=O)nc34)cc2Cl)CC1. The fraction of sp³-hybridized carbons (Fsp3) is 0.280. The average molecular weight is 494 g/mol. The van der Waals surface area contributed by atoms with Crippen LogP contribution in [0.4, 0.5) is 10.5 Å². The summed E-state index contributed by atoms with van der Waals surface area (Å²) in [6.07, 6.45) is 4.36. The zero-order chi connectivity index (χ0) is 23.7. The average Bonchev–Trinajstić information content (AvgIpc) is 3.15. The number of carbonyl (C=O) groups excluding carboxylic acids is 2. The molecule has 0 bridgehead atoms. The highest BCUT2D eigenvalue weighted by atomic mass is 35.5. The molecule has 0 aliphatic carbocycles. The molecule has 0 unspecified atom stereocenters. The lowest BCUT2D eigenvalue weighted by molar-refractivity contribution is -0.115. The fourth-order valence-electron chi connectivity index (χ4n) is 4.36. The van der Waals surface area contributed by atoms with Gasteiger partial charge in [-0.3, -0.25) is 24.8 Å². The molecule has 34 heavy (non-hydrogen) atoms. The van der Waals surface area contributed by atoms with E-state index in [-0.39, 0.29) is 5.24 Å². The van der Waals surface area contributed by atoms with Gasteiger partial charge in [-0.05, 0) is 54.6 Å². The third kappa shape index (κ3) is 4.66. The Morgan fingerprint density at radius 3 is 2.68 bits per heavy atom. The first kappa shape index (κ1) is 22.8. The Bertz CT molecular complexity index is 1300. The minimum absolute atomic E-state index is 0.308. The summed E-state index contributed by atoms with van der Waals surface area (Å²) in [4.78, 5) is 37.8. The van der Waals surface area contributed by atoms with Crippen LogP contribution in [0.5, 0.6) is 0 Å². The molecule has 0 atom stereocenters. The molecule has 2 aliphatic rings. The summed E-state index contributed by atoms with van der Waals surface area (Å²) in [7, 11) is 0. The van der Waals surface area contributed by atoms with E-state index in [9.17, 15) is 9.59 Å². The molecule has 2 aliphatic heterocycles. The zero-order valence-corrected chi connectivity index (χ0v) is 20.3. The maximum absolute atomic E-state index is 11.9. The van der Waals surface area contributed by atoms with Gasteiger partial charge >= 0.3 is 0 Å². The van der Waals surface area contributed by atoms with E-state index >= 15 is 0 Å². The highest BCUT2D eigenvalue weighted by molar-refractivity contribution is 8.18. The number of hydrogen-bond acceptors (Lipinski definition) is 7. The lowest BCUT2D eigenvalue weighted by Gasteiger charge is -2.36. The summed E-state index contributed by atoms with van der Waals surface area (Å²) in [5.74, 6) is -0.414. The molecular formula is C25H24ClN5O2S. The Balaban J connectivity index is 1.45. The number of para-hydroxylation sites is 1. The van der Waals surface area contributed by atoms with E-state index in [1.165, 1.54) is 6.42 Å². The molecule has 7 nitrogen and oxygen atoms in total. The summed E-state index contributed by atoms with van der Waals surface area (Å²) < 4.78 is 0. The van der Waals surface area contributed by atoms with E-state index in [1.807, 2.05) is 24.3 Å². The Morgan fingerprint density at radius 2 is 1.97 bits per heavy atom. The van der Waals surface area contributed by atoms with Crippen molar-refractivity contribution >= 4 is 57.3 Å². The van der Waals surface area contributed by atoms with Crippen molar-refractivity contribution in [3.05, 3.63) is 58.2 Å². The Kier molecular flexibility index (Phi) is 6.54. The van der Waals surface area contributed by atoms with Crippen molar-refractivity contribution in [3.63, 3.8) is 0 Å². The van der Waals surface area contributed by atoms with Gasteiger partial charge in [0.2, 0.25) is 0 Å². The number of rotatable bonds is 5. The minimum atomic E-state index is -0.414. The monoisotopic (exact) mass is 493 g/mol. The summed E-state index contributed by atoms with van der Waals surface area (Å²) in [6, 6.07) is 12.0. The van der Waals surface area contributed by atoms with Gasteiger partial charge in [-0.2, -0.15) is 0 Å². The Morgan fingerprint density at radius 1 is 1.15 bits per heavy atom. The second kappa shape index (κ2) is 9.74. The maximum Gasteiger partial charge on any atom is 0.290 e. The molecule has 0 saturated carbocycles. The van der Waals surface area contributed by atoms with Gasteiger partial charge in [0.15, 0.2) is 0 Å².